The van der Waals surface area contributed by atoms with Gasteiger partial charge in [0.2, 0.25) is 5.91 Å². The fraction of sp³-hybridized carbons (Fsp3) is 0.381. The Bertz CT molecular complexity index is 957. The van der Waals surface area contributed by atoms with E-state index in [0.717, 1.165) is 28.8 Å². The van der Waals surface area contributed by atoms with Gasteiger partial charge in [-0.25, -0.2) is 0 Å². The summed E-state index contributed by atoms with van der Waals surface area (Å²) in [5.74, 6) is 1.60. The van der Waals surface area contributed by atoms with E-state index in [4.69, 9.17) is 0 Å². The van der Waals surface area contributed by atoms with Crippen LogP contribution in [0.1, 0.15) is 42.7 Å². The van der Waals surface area contributed by atoms with Gasteiger partial charge in [-0.3, -0.25) is 4.79 Å². The van der Waals surface area contributed by atoms with Crippen molar-refractivity contribution >= 4 is 34.7 Å². The lowest BCUT2D eigenvalue weighted by atomic mass is 10.0. The zero-order valence-electron chi connectivity index (χ0n) is 16.9. The molecule has 148 valence electrons. The molecular formula is C21H26N4OS2. The van der Waals surface area contributed by atoms with Gasteiger partial charge in [-0.1, -0.05) is 37.7 Å². The molecule has 2 aromatic heterocycles. The smallest absolute Gasteiger partial charge is 0.234 e. The van der Waals surface area contributed by atoms with Crippen LogP contribution >= 0.6 is 23.1 Å². The van der Waals surface area contributed by atoms with Crippen LogP contribution in [0.25, 0.3) is 11.4 Å². The van der Waals surface area contributed by atoms with Crippen molar-refractivity contribution in [3.63, 3.8) is 0 Å². The van der Waals surface area contributed by atoms with E-state index in [1.807, 2.05) is 12.1 Å². The Morgan fingerprint density at radius 1 is 1.21 bits per heavy atom. The number of carbonyl (C=O) groups excluding carboxylic acids is 1. The number of thiophene rings is 1. The number of benzene rings is 1. The minimum atomic E-state index is -0.0444. The largest absolute Gasteiger partial charge is 0.325 e. The fourth-order valence-corrected chi connectivity index (χ4v) is 4.56. The molecule has 0 saturated heterocycles. The first-order valence-corrected chi connectivity index (χ1v) is 11.3. The third-order valence-electron chi connectivity index (χ3n) is 4.75. The molecule has 0 aliphatic carbocycles. The van der Waals surface area contributed by atoms with E-state index >= 15 is 0 Å². The van der Waals surface area contributed by atoms with Gasteiger partial charge in [0.1, 0.15) is 0 Å². The van der Waals surface area contributed by atoms with E-state index in [2.05, 4.69) is 72.2 Å². The first-order chi connectivity index (χ1) is 13.4. The van der Waals surface area contributed by atoms with E-state index in [9.17, 15) is 4.79 Å². The lowest BCUT2D eigenvalue weighted by Gasteiger charge is -2.09. The third-order valence-corrected chi connectivity index (χ3v) is 6.73. The summed E-state index contributed by atoms with van der Waals surface area (Å²) in [6.07, 6.45) is 0. The lowest BCUT2D eigenvalue weighted by molar-refractivity contribution is -0.113. The highest BCUT2D eigenvalue weighted by Gasteiger charge is 2.17. The number of nitrogens with one attached hydrogen (secondary N) is 1. The molecule has 0 spiro atoms. The van der Waals surface area contributed by atoms with Crippen molar-refractivity contribution in [3.8, 4) is 11.4 Å². The molecule has 0 bridgehead atoms. The normalized spacial score (nSPS) is 11.2. The molecule has 0 aliphatic heterocycles. The highest BCUT2D eigenvalue weighted by molar-refractivity contribution is 7.99. The number of amides is 1. The number of hydrogen-bond donors (Lipinski definition) is 1. The SMILES string of the molecule is CCn1c(SCC(=O)Nc2ccc(C(C)C)cc2)nnc1-c1csc(C)c1C. The molecule has 0 atom stereocenters. The molecule has 0 unspecified atom stereocenters. The molecule has 1 N–H and O–H groups in total. The number of hydrogen-bond acceptors (Lipinski definition) is 5. The van der Waals surface area contributed by atoms with Crippen molar-refractivity contribution < 1.29 is 4.79 Å². The minimum Gasteiger partial charge on any atom is -0.325 e. The topological polar surface area (TPSA) is 59.8 Å². The van der Waals surface area contributed by atoms with Crippen molar-refractivity contribution in [1.82, 2.24) is 14.8 Å². The highest BCUT2D eigenvalue weighted by Crippen LogP contribution is 2.31. The van der Waals surface area contributed by atoms with Crippen LogP contribution in [0.15, 0.2) is 34.8 Å². The number of rotatable bonds is 7. The molecule has 0 fully saturated rings. The van der Waals surface area contributed by atoms with Gasteiger partial charge < -0.3 is 9.88 Å². The molecule has 28 heavy (non-hydrogen) atoms. The van der Waals surface area contributed by atoms with Crippen LogP contribution in [0, 0.1) is 13.8 Å². The minimum absolute atomic E-state index is 0.0444. The van der Waals surface area contributed by atoms with Crippen molar-refractivity contribution in [3.05, 3.63) is 45.6 Å². The van der Waals surface area contributed by atoms with Crippen LogP contribution in [0.2, 0.25) is 0 Å². The quantitative estimate of drug-likeness (QED) is 0.519. The van der Waals surface area contributed by atoms with Crippen LogP contribution in [-0.2, 0) is 11.3 Å². The summed E-state index contributed by atoms with van der Waals surface area (Å²) in [5, 5.41) is 14.6. The predicted octanol–water partition coefficient (Wildman–Crippen LogP) is 5.50. The van der Waals surface area contributed by atoms with Crippen molar-refractivity contribution in [2.75, 3.05) is 11.1 Å². The van der Waals surface area contributed by atoms with Crippen molar-refractivity contribution in [2.45, 2.75) is 52.2 Å². The van der Waals surface area contributed by atoms with Gasteiger partial charge in [0, 0.05) is 28.1 Å². The average molecular weight is 415 g/mol. The Morgan fingerprint density at radius 2 is 1.93 bits per heavy atom. The number of nitrogens with zero attached hydrogens (tertiary/aromatic N) is 3. The maximum atomic E-state index is 12.4. The van der Waals surface area contributed by atoms with Gasteiger partial charge in [0.05, 0.1) is 5.75 Å². The molecule has 1 aromatic carbocycles. The Balaban J connectivity index is 1.66. The van der Waals surface area contributed by atoms with Crippen molar-refractivity contribution in [2.24, 2.45) is 0 Å². The van der Waals surface area contributed by atoms with E-state index < -0.39 is 0 Å². The van der Waals surface area contributed by atoms with Crippen LogP contribution in [0.3, 0.4) is 0 Å². The Labute approximate surface area is 174 Å². The predicted molar refractivity (Wildman–Crippen MR) is 118 cm³/mol. The number of aryl methyl sites for hydroxylation is 1. The summed E-state index contributed by atoms with van der Waals surface area (Å²) >= 11 is 3.14. The average Bonchev–Trinajstić information content (AvgIpc) is 3.23. The summed E-state index contributed by atoms with van der Waals surface area (Å²) in [6, 6.07) is 8.01. The van der Waals surface area contributed by atoms with Gasteiger partial charge >= 0.3 is 0 Å². The monoisotopic (exact) mass is 414 g/mol. The molecule has 1 amide bonds. The first-order valence-electron chi connectivity index (χ1n) is 9.41. The molecule has 5 nitrogen and oxygen atoms in total. The first kappa shape index (κ1) is 20.6. The Kier molecular flexibility index (Phi) is 6.57. The van der Waals surface area contributed by atoms with Gasteiger partial charge in [-0.05, 0) is 49.9 Å². The maximum Gasteiger partial charge on any atom is 0.234 e. The molecule has 3 aromatic rings. The lowest BCUT2D eigenvalue weighted by Crippen LogP contribution is -2.14. The number of carbonyl (C=O) groups is 1. The summed E-state index contributed by atoms with van der Waals surface area (Å²) < 4.78 is 2.07. The number of thioether (sulfide) groups is 1. The van der Waals surface area contributed by atoms with E-state index in [0.29, 0.717) is 11.7 Å². The highest BCUT2D eigenvalue weighted by atomic mass is 32.2. The van der Waals surface area contributed by atoms with Crippen LogP contribution < -0.4 is 5.32 Å². The molecule has 0 saturated carbocycles. The molecule has 0 aliphatic rings. The Morgan fingerprint density at radius 3 is 2.50 bits per heavy atom. The van der Waals surface area contributed by atoms with Crippen LogP contribution in [-0.4, -0.2) is 26.4 Å². The second-order valence-electron chi connectivity index (χ2n) is 6.99. The van der Waals surface area contributed by atoms with E-state index in [-0.39, 0.29) is 5.91 Å². The van der Waals surface area contributed by atoms with Crippen LogP contribution in [0.5, 0.6) is 0 Å². The fourth-order valence-electron chi connectivity index (χ4n) is 2.89. The summed E-state index contributed by atoms with van der Waals surface area (Å²) in [5.41, 5.74) is 4.44. The van der Waals surface area contributed by atoms with E-state index in [1.54, 1.807) is 11.3 Å². The van der Waals surface area contributed by atoms with Gasteiger partial charge in [-0.2, -0.15) is 0 Å². The second kappa shape index (κ2) is 8.92. The molecule has 0 radical (unpaired) electrons. The maximum absolute atomic E-state index is 12.4. The molecule has 2 heterocycles. The van der Waals surface area contributed by atoms with Gasteiger partial charge in [0.25, 0.3) is 0 Å². The Hall–Kier alpha value is -2.12. The van der Waals surface area contributed by atoms with Gasteiger partial charge in [-0.15, -0.1) is 21.5 Å². The summed E-state index contributed by atoms with van der Waals surface area (Å²) in [4.78, 5) is 13.6. The van der Waals surface area contributed by atoms with Gasteiger partial charge in [0.15, 0.2) is 11.0 Å². The third kappa shape index (κ3) is 4.47. The van der Waals surface area contributed by atoms with Crippen LogP contribution in [0.4, 0.5) is 5.69 Å². The standard InChI is InChI=1S/C21H26N4OS2/c1-6-25-20(18-11-27-15(5)14(18)4)23-24-21(25)28-12-19(26)22-17-9-7-16(8-10-17)13(2)3/h7-11,13H,6,12H2,1-5H3,(H,22,26). The van der Waals surface area contributed by atoms with Crippen molar-refractivity contribution in [1.29, 1.82) is 0 Å². The number of anilines is 1. The summed E-state index contributed by atoms with van der Waals surface area (Å²) in [7, 11) is 0. The summed E-state index contributed by atoms with van der Waals surface area (Å²) in [6.45, 7) is 11.4. The molecule has 7 heteroatoms. The molecule has 3 rings (SSSR count). The zero-order valence-corrected chi connectivity index (χ0v) is 18.6. The second-order valence-corrected chi connectivity index (χ2v) is 9.02. The number of aromatic nitrogens is 3. The van der Waals surface area contributed by atoms with E-state index in [1.165, 1.54) is 27.8 Å². The molecular weight excluding hydrogens is 388 g/mol. The zero-order chi connectivity index (χ0) is 20.3.